The number of hydrogen-bond acceptors (Lipinski definition) is 3. The topological polar surface area (TPSA) is 46.6 Å². The van der Waals surface area contributed by atoms with E-state index in [0.717, 1.165) is 0 Å². The summed E-state index contributed by atoms with van der Waals surface area (Å²) in [5.74, 6) is -0.773. The van der Waals surface area contributed by atoms with E-state index in [4.69, 9.17) is 4.74 Å². The Bertz CT molecular complexity index is 376. The summed E-state index contributed by atoms with van der Waals surface area (Å²) >= 11 is 0. The molecule has 0 unspecified atom stereocenters. The van der Waals surface area contributed by atoms with Crippen LogP contribution in [0.5, 0.6) is 0 Å². The lowest BCUT2D eigenvalue weighted by atomic mass is 9.78. The molecule has 0 radical (unpaired) electrons. The van der Waals surface area contributed by atoms with Crippen molar-refractivity contribution >= 4 is 11.8 Å². The molecule has 4 atom stereocenters. The number of imide groups is 1. The zero-order valence-corrected chi connectivity index (χ0v) is 8.06. The smallest absolute Gasteiger partial charge is 0.236 e. The summed E-state index contributed by atoms with van der Waals surface area (Å²) in [6, 6.07) is 0. The molecule has 0 aromatic heterocycles. The number of carbonyl (C=O) groups is 2. The van der Waals surface area contributed by atoms with Gasteiger partial charge in [-0.2, -0.15) is 0 Å². The Morgan fingerprint density at radius 3 is 2.79 bits per heavy atom. The van der Waals surface area contributed by atoms with Crippen LogP contribution < -0.4 is 0 Å². The molecule has 2 fully saturated rings. The van der Waals surface area contributed by atoms with Crippen LogP contribution in [0.1, 0.15) is 6.92 Å². The van der Waals surface area contributed by atoms with E-state index in [2.05, 4.69) is 0 Å². The van der Waals surface area contributed by atoms with Gasteiger partial charge in [0.05, 0.1) is 23.5 Å². The second-order valence-electron chi connectivity index (χ2n) is 4.36. The number of likely N-dealkylation sites (tertiary alicyclic amines) is 1. The third-order valence-corrected chi connectivity index (χ3v) is 3.55. The summed E-state index contributed by atoms with van der Waals surface area (Å²) < 4.78 is 5.64. The van der Waals surface area contributed by atoms with E-state index in [-0.39, 0.29) is 29.8 Å². The minimum atomic E-state index is -0.549. The largest absolute Gasteiger partial charge is 0.362 e. The fourth-order valence-corrected chi connectivity index (χ4v) is 2.80. The van der Waals surface area contributed by atoms with Crippen molar-refractivity contribution in [3.8, 4) is 0 Å². The molecule has 0 aliphatic carbocycles. The molecular formula is C10H11NO3. The maximum Gasteiger partial charge on any atom is 0.236 e. The molecule has 14 heavy (non-hydrogen) atoms. The van der Waals surface area contributed by atoms with Gasteiger partial charge in [0, 0.05) is 7.05 Å². The molecule has 0 spiro atoms. The second-order valence-corrected chi connectivity index (χ2v) is 4.36. The third-order valence-electron chi connectivity index (χ3n) is 3.55. The highest BCUT2D eigenvalue weighted by molar-refractivity contribution is 6.06. The highest BCUT2D eigenvalue weighted by Gasteiger charge is 2.64. The van der Waals surface area contributed by atoms with E-state index in [0.29, 0.717) is 0 Å². The number of ether oxygens (including phenoxy) is 1. The van der Waals surface area contributed by atoms with Crippen molar-refractivity contribution in [3.05, 3.63) is 12.2 Å². The average Bonchev–Trinajstić information content (AvgIpc) is 2.72. The Labute approximate surface area is 81.5 Å². The maximum atomic E-state index is 11.8. The Morgan fingerprint density at radius 1 is 1.43 bits per heavy atom. The van der Waals surface area contributed by atoms with Crippen molar-refractivity contribution in [1.82, 2.24) is 4.90 Å². The molecule has 3 aliphatic heterocycles. The molecule has 0 aromatic carbocycles. The molecule has 3 aliphatic rings. The van der Waals surface area contributed by atoms with Crippen LogP contribution in [0.4, 0.5) is 0 Å². The monoisotopic (exact) mass is 193 g/mol. The zero-order chi connectivity index (χ0) is 10.1. The highest BCUT2D eigenvalue weighted by Crippen LogP contribution is 2.50. The lowest BCUT2D eigenvalue weighted by Crippen LogP contribution is -2.36. The summed E-state index contributed by atoms with van der Waals surface area (Å²) in [6.45, 7) is 1.87. The lowest BCUT2D eigenvalue weighted by Gasteiger charge is -2.22. The SMILES string of the molecule is CN1C(=O)[C@H]2[C@@H](C1=O)[C@]1(C)C=C[C@H]2O1. The normalized spacial score (nSPS) is 49.3. The standard InChI is InChI=1S/C10H11NO3/c1-10-4-3-5(14-10)6-7(10)9(13)11(2)8(6)12/h3-7H,1-2H3/t5-,6-,7+,10+/m1/s1. The van der Waals surface area contributed by atoms with Crippen LogP contribution in [0, 0.1) is 11.8 Å². The minimum Gasteiger partial charge on any atom is -0.362 e. The van der Waals surface area contributed by atoms with Crippen LogP contribution in [-0.4, -0.2) is 35.5 Å². The molecule has 3 rings (SSSR count). The van der Waals surface area contributed by atoms with Gasteiger partial charge in [0.15, 0.2) is 0 Å². The molecular weight excluding hydrogens is 182 g/mol. The summed E-state index contributed by atoms with van der Waals surface area (Å²) in [7, 11) is 1.55. The van der Waals surface area contributed by atoms with E-state index in [1.807, 2.05) is 19.1 Å². The Hall–Kier alpha value is -1.16. The van der Waals surface area contributed by atoms with Gasteiger partial charge >= 0.3 is 0 Å². The number of rotatable bonds is 0. The van der Waals surface area contributed by atoms with Gasteiger partial charge in [-0.3, -0.25) is 14.5 Å². The van der Waals surface area contributed by atoms with Gasteiger partial charge in [-0.25, -0.2) is 0 Å². The minimum absolute atomic E-state index is 0.0990. The Morgan fingerprint density at radius 2 is 2.14 bits per heavy atom. The van der Waals surface area contributed by atoms with E-state index in [9.17, 15) is 9.59 Å². The number of amides is 2. The fourth-order valence-electron chi connectivity index (χ4n) is 2.80. The zero-order valence-electron chi connectivity index (χ0n) is 8.06. The van der Waals surface area contributed by atoms with Crippen molar-refractivity contribution in [2.24, 2.45) is 11.8 Å². The van der Waals surface area contributed by atoms with Crippen LogP contribution >= 0.6 is 0 Å². The molecule has 0 aromatic rings. The molecule has 2 saturated heterocycles. The number of hydrogen-bond donors (Lipinski definition) is 0. The quantitative estimate of drug-likeness (QED) is 0.400. The first kappa shape index (κ1) is 8.17. The van der Waals surface area contributed by atoms with Crippen molar-refractivity contribution in [2.75, 3.05) is 7.05 Å². The number of fused-ring (bicyclic) bond motifs is 5. The summed E-state index contributed by atoms with van der Waals surface area (Å²) in [5, 5.41) is 0. The molecule has 0 saturated carbocycles. The number of carbonyl (C=O) groups excluding carboxylic acids is 2. The fraction of sp³-hybridized carbons (Fsp3) is 0.600. The van der Waals surface area contributed by atoms with Crippen LogP contribution in [0.2, 0.25) is 0 Å². The molecule has 2 bridgehead atoms. The summed E-state index contributed by atoms with van der Waals surface area (Å²) in [6.07, 6.45) is 3.61. The summed E-state index contributed by atoms with van der Waals surface area (Å²) in [4.78, 5) is 24.7. The maximum absolute atomic E-state index is 11.8. The first-order chi connectivity index (χ1) is 6.54. The third kappa shape index (κ3) is 0.661. The molecule has 0 N–H and O–H groups in total. The summed E-state index contributed by atoms with van der Waals surface area (Å²) in [5.41, 5.74) is -0.549. The van der Waals surface area contributed by atoms with E-state index >= 15 is 0 Å². The molecule has 2 amide bonds. The van der Waals surface area contributed by atoms with Crippen LogP contribution in [-0.2, 0) is 14.3 Å². The van der Waals surface area contributed by atoms with Gasteiger partial charge in [-0.1, -0.05) is 12.2 Å². The average molecular weight is 193 g/mol. The predicted molar refractivity (Wildman–Crippen MR) is 47.2 cm³/mol. The van der Waals surface area contributed by atoms with Gasteiger partial charge in [0.1, 0.15) is 0 Å². The van der Waals surface area contributed by atoms with Crippen LogP contribution in [0.3, 0.4) is 0 Å². The van der Waals surface area contributed by atoms with E-state index in [1.54, 1.807) is 7.05 Å². The van der Waals surface area contributed by atoms with E-state index < -0.39 is 5.60 Å². The van der Waals surface area contributed by atoms with Crippen LogP contribution in [0.25, 0.3) is 0 Å². The molecule has 74 valence electrons. The predicted octanol–water partition coefficient (Wildman–Crippen LogP) is -0.0553. The van der Waals surface area contributed by atoms with Crippen molar-refractivity contribution < 1.29 is 14.3 Å². The Kier molecular flexibility index (Phi) is 1.22. The first-order valence-corrected chi connectivity index (χ1v) is 4.73. The molecule has 4 nitrogen and oxygen atoms in total. The van der Waals surface area contributed by atoms with Gasteiger partial charge in [-0.15, -0.1) is 0 Å². The van der Waals surface area contributed by atoms with Gasteiger partial charge in [0.25, 0.3) is 0 Å². The van der Waals surface area contributed by atoms with Crippen molar-refractivity contribution in [1.29, 1.82) is 0 Å². The lowest BCUT2D eigenvalue weighted by molar-refractivity contribution is -0.142. The Balaban J connectivity index is 2.13. The van der Waals surface area contributed by atoms with Gasteiger partial charge < -0.3 is 4.74 Å². The number of nitrogens with zero attached hydrogens (tertiary/aromatic N) is 1. The second kappa shape index (κ2) is 2.08. The molecule has 3 heterocycles. The molecule has 4 heteroatoms. The van der Waals surface area contributed by atoms with Gasteiger partial charge in [-0.05, 0) is 6.92 Å². The highest BCUT2D eigenvalue weighted by atomic mass is 16.5. The first-order valence-electron chi connectivity index (χ1n) is 4.73. The van der Waals surface area contributed by atoms with E-state index in [1.165, 1.54) is 4.90 Å². The van der Waals surface area contributed by atoms with Crippen molar-refractivity contribution in [2.45, 2.75) is 18.6 Å². The van der Waals surface area contributed by atoms with Crippen LogP contribution in [0.15, 0.2) is 12.2 Å². The van der Waals surface area contributed by atoms with Gasteiger partial charge in [0.2, 0.25) is 11.8 Å². The van der Waals surface area contributed by atoms with Crippen molar-refractivity contribution in [3.63, 3.8) is 0 Å².